The van der Waals surface area contributed by atoms with Gasteiger partial charge < -0.3 is 15.4 Å². The van der Waals surface area contributed by atoms with Crippen LogP contribution in [0.1, 0.15) is 29.0 Å². The van der Waals surface area contributed by atoms with Gasteiger partial charge in [-0.3, -0.25) is 9.59 Å². The molecule has 0 fully saturated rings. The second-order valence-corrected chi connectivity index (χ2v) is 8.05. The number of carbonyl (C=O) groups is 2. The van der Waals surface area contributed by atoms with Gasteiger partial charge >= 0.3 is 0 Å². The molecule has 6 nitrogen and oxygen atoms in total. The lowest BCUT2D eigenvalue weighted by atomic mass is 9.87. The third kappa shape index (κ3) is 5.02. The van der Waals surface area contributed by atoms with Gasteiger partial charge in [0.15, 0.2) is 0 Å². The van der Waals surface area contributed by atoms with Crippen LogP contribution in [0.2, 0.25) is 0 Å². The molecule has 0 aromatic heterocycles. The highest BCUT2D eigenvalue weighted by atomic mass is 32.2. The van der Waals surface area contributed by atoms with Gasteiger partial charge in [0.2, 0.25) is 11.8 Å². The van der Waals surface area contributed by atoms with Crippen LogP contribution in [0, 0.1) is 25.2 Å². The fourth-order valence-electron chi connectivity index (χ4n) is 3.21. The molecule has 0 aliphatic carbocycles. The van der Waals surface area contributed by atoms with Crippen molar-refractivity contribution < 1.29 is 14.3 Å². The number of hydrogen-bond acceptors (Lipinski definition) is 5. The summed E-state index contributed by atoms with van der Waals surface area (Å²) in [5.41, 5.74) is 4.29. The van der Waals surface area contributed by atoms with Crippen molar-refractivity contribution in [2.24, 2.45) is 0 Å². The quantitative estimate of drug-likeness (QED) is 0.735. The molecule has 2 aromatic carbocycles. The number of methoxy groups -OCH3 is 1. The van der Waals surface area contributed by atoms with Crippen LogP contribution in [0.25, 0.3) is 0 Å². The van der Waals surface area contributed by atoms with Gasteiger partial charge in [-0.25, -0.2) is 0 Å². The van der Waals surface area contributed by atoms with Crippen LogP contribution in [0.15, 0.2) is 53.1 Å². The molecular formula is C23H23N3O3S. The summed E-state index contributed by atoms with van der Waals surface area (Å²) >= 11 is 1.16. The number of benzene rings is 2. The van der Waals surface area contributed by atoms with Gasteiger partial charge in [-0.1, -0.05) is 30.0 Å². The molecule has 2 N–H and O–H groups in total. The van der Waals surface area contributed by atoms with E-state index in [4.69, 9.17) is 4.74 Å². The first-order chi connectivity index (χ1) is 14.4. The molecule has 30 heavy (non-hydrogen) atoms. The Labute approximate surface area is 180 Å². The number of hydrogen-bond donors (Lipinski definition) is 2. The molecular weight excluding hydrogens is 398 g/mol. The number of thioether (sulfide) groups is 1. The van der Waals surface area contributed by atoms with Crippen LogP contribution >= 0.6 is 11.8 Å². The van der Waals surface area contributed by atoms with E-state index in [1.165, 1.54) is 0 Å². The lowest BCUT2D eigenvalue weighted by Crippen LogP contribution is -2.31. The highest BCUT2D eigenvalue weighted by molar-refractivity contribution is 8.03. The molecule has 1 atom stereocenters. The second-order valence-electron chi connectivity index (χ2n) is 7.07. The molecule has 0 saturated carbocycles. The standard InChI is InChI=1S/C23H23N3O3S/c1-14-4-7-17(10-15(14)2)25-22(28)13-30-23-20(12-24)19(11-21(27)26-23)16-5-8-18(29-3)9-6-16/h4-10,19H,11,13H2,1-3H3,(H,25,28)(H,26,27)/t19-/m1/s1. The Hall–Kier alpha value is -3.24. The molecule has 2 aromatic rings. The van der Waals surface area contributed by atoms with Gasteiger partial charge in [-0.15, -0.1) is 0 Å². The number of amides is 2. The molecule has 0 saturated heterocycles. The summed E-state index contributed by atoms with van der Waals surface area (Å²) in [6.07, 6.45) is 0.189. The lowest BCUT2D eigenvalue weighted by Gasteiger charge is -2.25. The van der Waals surface area contributed by atoms with Crippen LogP contribution in [0.5, 0.6) is 5.75 Å². The Bertz CT molecular complexity index is 1040. The summed E-state index contributed by atoms with van der Waals surface area (Å²) in [5, 5.41) is 15.8. The minimum atomic E-state index is -0.347. The summed E-state index contributed by atoms with van der Waals surface area (Å²) in [6.45, 7) is 4.00. The van der Waals surface area contributed by atoms with Crippen LogP contribution in [0.4, 0.5) is 5.69 Å². The smallest absolute Gasteiger partial charge is 0.234 e. The van der Waals surface area contributed by atoms with Gasteiger partial charge in [-0.05, 0) is 54.8 Å². The first kappa shape index (κ1) is 21.5. The van der Waals surface area contributed by atoms with Crippen molar-refractivity contribution in [2.45, 2.75) is 26.2 Å². The molecule has 1 heterocycles. The first-order valence-corrected chi connectivity index (χ1v) is 10.5. The molecule has 2 amide bonds. The van der Waals surface area contributed by atoms with E-state index in [-0.39, 0.29) is 29.9 Å². The number of nitrogens with zero attached hydrogens (tertiary/aromatic N) is 1. The maximum absolute atomic E-state index is 12.4. The SMILES string of the molecule is COc1ccc([C@H]2CC(=O)NC(SCC(=O)Nc3ccc(C)c(C)c3)=C2C#N)cc1. The number of nitrogens with one attached hydrogen (secondary N) is 2. The number of carbonyl (C=O) groups excluding carboxylic acids is 2. The zero-order valence-electron chi connectivity index (χ0n) is 17.1. The molecule has 3 rings (SSSR count). The van der Waals surface area contributed by atoms with Crippen LogP contribution < -0.4 is 15.4 Å². The molecule has 0 spiro atoms. The maximum Gasteiger partial charge on any atom is 0.234 e. The fourth-order valence-corrected chi connectivity index (χ4v) is 4.08. The van der Waals surface area contributed by atoms with Crippen molar-refractivity contribution in [1.82, 2.24) is 5.32 Å². The third-order valence-electron chi connectivity index (χ3n) is 5.01. The van der Waals surface area contributed by atoms with Crippen LogP contribution in [-0.4, -0.2) is 24.7 Å². The van der Waals surface area contributed by atoms with E-state index in [2.05, 4.69) is 16.7 Å². The summed E-state index contributed by atoms with van der Waals surface area (Å²) < 4.78 is 5.17. The number of ether oxygens (including phenoxy) is 1. The minimum absolute atomic E-state index is 0.0864. The Balaban J connectivity index is 1.74. The number of nitriles is 1. The Kier molecular flexibility index (Phi) is 6.80. The number of allylic oxidation sites excluding steroid dienone is 1. The van der Waals surface area contributed by atoms with Crippen molar-refractivity contribution in [3.63, 3.8) is 0 Å². The normalized spacial score (nSPS) is 15.9. The lowest BCUT2D eigenvalue weighted by molar-refractivity contribution is -0.121. The van der Waals surface area contributed by atoms with Crippen molar-refractivity contribution >= 4 is 29.3 Å². The zero-order valence-corrected chi connectivity index (χ0v) is 17.9. The van der Waals surface area contributed by atoms with E-state index in [0.29, 0.717) is 16.4 Å². The van der Waals surface area contributed by atoms with E-state index in [1.54, 1.807) is 19.2 Å². The zero-order chi connectivity index (χ0) is 21.7. The molecule has 0 bridgehead atoms. The topological polar surface area (TPSA) is 91.2 Å². The molecule has 1 aliphatic heterocycles. The predicted molar refractivity (Wildman–Crippen MR) is 118 cm³/mol. The summed E-state index contributed by atoms with van der Waals surface area (Å²) in [7, 11) is 1.58. The average molecular weight is 422 g/mol. The minimum Gasteiger partial charge on any atom is -0.497 e. The van der Waals surface area contributed by atoms with Gasteiger partial charge in [0.05, 0.1) is 29.5 Å². The van der Waals surface area contributed by atoms with Crippen LogP contribution in [0.3, 0.4) is 0 Å². The Morgan fingerprint density at radius 1 is 1.23 bits per heavy atom. The number of rotatable bonds is 6. The van der Waals surface area contributed by atoms with E-state index in [9.17, 15) is 14.9 Å². The van der Waals surface area contributed by atoms with Gasteiger partial charge in [-0.2, -0.15) is 5.26 Å². The van der Waals surface area contributed by atoms with E-state index >= 15 is 0 Å². The Morgan fingerprint density at radius 3 is 2.60 bits per heavy atom. The first-order valence-electron chi connectivity index (χ1n) is 9.49. The predicted octanol–water partition coefficient (Wildman–Crippen LogP) is 4.02. The molecule has 0 unspecified atom stereocenters. The molecule has 0 radical (unpaired) electrons. The highest BCUT2D eigenvalue weighted by Gasteiger charge is 2.29. The number of anilines is 1. The van der Waals surface area contributed by atoms with Crippen molar-refractivity contribution in [2.75, 3.05) is 18.2 Å². The van der Waals surface area contributed by atoms with Crippen LogP contribution in [-0.2, 0) is 9.59 Å². The van der Waals surface area contributed by atoms with E-state index < -0.39 is 0 Å². The molecule has 154 valence electrons. The summed E-state index contributed by atoms with van der Waals surface area (Å²) in [6, 6.07) is 15.3. The van der Waals surface area contributed by atoms with Gasteiger partial charge in [0.1, 0.15) is 5.75 Å². The summed E-state index contributed by atoms with van der Waals surface area (Å²) in [4.78, 5) is 24.6. The molecule has 1 aliphatic rings. The average Bonchev–Trinajstić information content (AvgIpc) is 2.74. The maximum atomic E-state index is 12.4. The number of aryl methyl sites for hydroxylation is 2. The van der Waals surface area contributed by atoms with Crippen molar-refractivity contribution in [3.05, 3.63) is 69.8 Å². The van der Waals surface area contributed by atoms with Crippen molar-refractivity contribution in [1.29, 1.82) is 5.26 Å². The highest BCUT2D eigenvalue weighted by Crippen LogP contribution is 2.36. The second kappa shape index (κ2) is 9.51. The van der Waals surface area contributed by atoms with E-state index in [1.807, 2.05) is 44.2 Å². The molecule has 7 heteroatoms. The largest absolute Gasteiger partial charge is 0.497 e. The monoisotopic (exact) mass is 421 g/mol. The van der Waals surface area contributed by atoms with E-state index in [0.717, 1.165) is 34.1 Å². The summed E-state index contributed by atoms with van der Waals surface area (Å²) in [5.74, 6) is 0.0723. The van der Waals surface area contributed by atoms with Crippen molar-refractivity contribution in [3.8, 4) is 11.8 Å². The van der Waals surface area contributed by atoms with Gasteiger partial charge in [0.25, 0.3) is 0 Å². The Morgan fingerprint density at radius 2 is 1.97 bits per heavy atom. The fraction of sp³-hybridized carbons (Fsp3) is 0.261. The van der Waals surface area contributed by atoms with Gasteiger partial charge in [0, 0.05) is 18.0 Å². The third-order valence-corrected chi connectivity index (χ3v) is 6.03.